The van der Waals surface area contributed by atoms with Gasteiger partial charge in [-0.05, 0) is 19.4 Å². The SMILES string of the molecule is CC(C)Nc1sc2c(O)cc(=O)[nH]c2c1C(=O)NCc1ccccc1. The maximum Gasteiger partial charge on any atom is 0.256 e. The highest BCUT2D eigenvalue weighted by molar-refractivity contribution is 7.23. The number of anilines is 1. The first kappa shape index (κ1) is 17.0. The maximum atomic E-state index is 12.8. The molecule has 0 aliphatic heterocycles. The summed E-state index contributed by atoms with van der Waals surface area (Å²) in [5.41, 5.74) is 1.22. The van der Waals surface area contributed by atoms with E-state index in [1.165, 1.54) is 11.3 Å². The van der Waals surface area contributed by atoms with Gasteiger partial charge in [0.25, 0.3) is 11.5 Å². The first-order valence-corrected chi connectivity index (χ1v) is 8.75. The van der Waals surface area contributed by atoms with Crippen molar-refractivity contribution < 1.29 is 9.90 Å². The van der Waals surface area contributed by atoms with Crippen LogP contribution in [0.1, 0.15) is 29.8 Å². The first-order valence-electron chi connectivity index (χ1n) is 7.93. The van der Waals surface area contributed by atoms with E-state index in [2.05, 4.69) is 15.6 Å². The second-order valence-electron chi connectivity index (χ2n) is 6.00. The van der Waals surface area contributed by atoms with Crippen molar-refractivity contribution in [2.75, 3.05) is 5.32 Å². The van der Waals surface area contributed by atoms with Gasteiger partial charge in [0, 0.05) is 18.7 Å². The topological polar surface area (TPSA) is 94.2 Å². The van der Waals surface area contributed by atoms with E-state index in [1.807, 2.05) is 44.2 Å². The molecule has 0 saturated heterocycles. The number of aromatic hydroxyl groups is 1. The molecule has 25 heavy (non-hydrogen) atoms. The van der Waals surface area contributed by atoms with Crippen molar-refractivity contribution >= 4 is 32.5 Å². The van der Waals surface area contributed by atoms with Crippen LogP contribution in [0.5, 0.6) is 5.75 Å². The van der Waals surface area contributed by atoms with E-state index in [4.69, 9.17) is 0 Å². The molecule has 0 atom stereocenters. The monoisotopic (exact) mass is 357 g/mol. The van der Waals surface area contributed by atoms with Gasteiger partial charge in [0.15, 0.2) is 0 Å². The second kappa shape index (κ2) is 6.98. The predicted molar refractivity (Wildman–Crippen MR) is 100 cm³/mol. The number of rotatable bonds is 5. The smallest absolute Gasteiger partial charge is 0.256 e. The highest BCUT2D eigenvalue weighted by atomic mass is 32.1. The van der Waals surface area contributed by atoms with Crippen LogP contribution in [0.2, 0.25) is 0 Å². The van der Waals surface area contributed by atoms with Gasteiger partial charge < -0.3 is 20.7 Å². The third-order valence-electron chi connectivity index (χ3n) is 3.60. The van der Waals surface area contributed by atoms with E-state index in [0.717, 1.165) is 11.6 Å². The Hall–Kier alpha value is -2.80. The zero-order chi connectivity index (χ0) is 18.0. The lowest BCUT2D eigenvalue weighted by Gasteiger charge is -2.11. The molecule has 0 spiro atoms. The fraction of sp³-hybridized carbons (Fsp3) is 0.222. The first-order chi connectivity index (χ1) is 12.0. The highest BCUT2D eigenvalue weighted by Crippen LogP contribution is 2.38. The van der Waals surface area contributed by atoms with Crippen LogP contribution in [0.15, 0.2) is 41.2 Å². The summed E-state index contributed by atoms with van der Waals surface area (Å²) >= 11 is 1.25. The number of aromatic amines is 1. The Morgan fingerprint density at radius 3 is 2.68 bits per heavy atom. The average Bonchev–Trinajstić information content (AvgIpc) is 2.91. The Morgan fingerprint density at radius 2 is 2.00 bits per heavy atom. The molecule has 6 nitrogen and oxygen atoms in total. The van der Waals surface area contributed by atoms with Gasteiger partial charge in [-0.3, -0.25) is 9.59 Å². The molecule has 0 bridgehead atoms. The summed E-state index contributed by atoms with van der Waals surface area (Å²) in [5, 5.41) is 16.7. The predicted octanol–water partition coefficient (Wildman–Crippen LogP) is 3.05. The molecule has 0 saturated carbocycles. The normalized spacial score (nSPS) is 11.0. The van der Waals surface area contributed by atoms with Crippen LogP contribution >= 0.6 is 11.3 Å². The van der Waals surface area contributed by atoms with Crippen molar-refractivity contribution in [2.45, 2.75) is 26.4 Å². The quantitative estimate of drug-likeness (QED) is 0.564. The van der Waals surface area contributed by atoms with Crippen LogP contribution in [-0.4, -0.2) is 22.0 Å². The lowest BCUT2D eigenvalue weighted by molar-refractivity contribution is 0.0953. The largest absolute Gasteiger partial charge is 0.506 e. The minimum atomic E-state index is -0.448. The van der Waals surface area contributed by atoms with Crippen molar-refractivity contribution in [3.63, 3.8) is 0 Å². The van der Waals surface area contributed by atoms with Crippen molar-refractivity contribution in [1.29, 1.82) is 0 Å². The Bertz CT molecular complexity index is 961. The van der Waals surface area contributed by atoms with Crippen molar-refractivity contribution in [3.05, 3.63) is 57.9 Å². The van der Waals surface area contributed by atoms with Gasteiger partial charge in [0.05, 0.1) is 15.8 Å². The third kappa shape index (κ3) is 3.66. The van der Waals surface area contributed by atoms with E-state index in [1.54, 1.807) is 0 Å². The van der Waals surface area contributed by atoms with Crippen LogP contribution in [0.4, 0.5) is 5.00 Å². The number of hydrogen-bond acceptors (Lipinski definition) is 5. The van der Waals surface area contributed by atoms with Crippen molar-refractivity contribution in [1.82, 2.24) is 10.3 Å². The van der Waals surface area contributed by atoms with Gasteiger partial charge in [-0.25, -0.2) is 0 Å². The van der Waals surface area contributed by atoms with Gasteiger partial charge in [-0.2, -0.15) is 0 Å². The van der Waals surface area contributed by atoms with Gasteiger partial charge in [0.1, 0.15) is 10.8 Å². The number of hydrogen-bond donors (Lipinski definition) is 4. The minimum absolute atomic E-state index is 0.0996. The molecule has 3 aromatic rings. The fourth-order valence-corrected chi connectivity index (χ4v) is 3.74. The molecule has 0 aliphatic carbocycles. The number of amides is 1. The number of pyridine rings is 1. The van der Waals surface area contributed by atoms with Crippen LogP contribution in [0, 0.1) is 0 Å². The van der Waals surface area contributed by atoms with E-state index < -0.39 is 5.56 Å². The number of nitrogens with one attached hydrogen (secondary N) is 3. The zero-order valence-electron chi connectivity index (χ0n) is 13.9. The van der Waals surface area contributed by atoms with Crippen LogP contribution in [-0.2, 0) is 6.54 Å². The summed E-state index contributed by atoms with van der Waals surface area (Å²) in [7, 11) is 0. The third-order valence-corrected chi connectivity index (χ3v) is 4.74. The van der Waals surface area contributed by atoms with E-state index in [-0.39, 0.29) is 17.7 Å². The van der Waals surface area contributed by atoms with E-state index >= 15 is 0 Å². The highest BCUT2D eigenvalue weighted by Gasteiger charge is 2.22. The maximum absolute atomic E-state index is 12.8. The molecular formula is C18H19N3O3S. The standard InChI is InChI=1S/C18H19N3O3S/c1-10(2)20-18-14(15-16(25-18)12(22)8-13(23)21-15)17(24)19-9-11-6-4-3-5-7-11/h3-8,10,20H,9H2,1-2H3,(H,19,24)(H2,21,22,23). The molecule has 0 fully saturated rings. The zero-order valence-corrected chi connectivity index (χ0v) is 14.7. The molecule has 0 unspecified atom stereocenters. The van der Waals surface area contributed by atoms with Gasteiger partial charge in [0.2, 0.25) is 0 Å². The molecule has 0 radical (unpaired) electrons. The number of H-pyrrole nitrogens is 1. The van der Waals surface area contributed by atoms with Gasteiger partial charge in [-0.1, -0.05) is 30.3 Å². The molecule has 3 rings (SSSR count). The summed E-state index contributed by atoms with van der Waals surface area (Å²) in [6.07, 6.45) is 0. The van der Waals surface area contributed by atoms with Gasteiger partial charge >= 0.3 is 0 Å². The number of benzene rings is 1. The molecule has 130 valence electrons. The number of fused-ring (bicyclic) bond motifs is 1. The number of thiophene rings is 1. The minimum Gasteiger partial charge on any atom is -0.506 e. The summed E-state index contributed by atoms with van der Waals surface area (Å²) in [5.74, 6) is -0.433. The second-order valence-corrected chi connectivity index (χ2v) is 7.02. The fourth-order valence-electron chi connectivity index (χ4n) is 2.53. The summed E-state index contributed by atoms with van der Waals surface area (Å²) < 4.78 is 0.479. The average molecular weight is 357 g/mol. The molecule has 1 amide bonds. The molecule has 2 heterocycles. The molecule has 1 aromatic carbocycles. The molecule has 2 aromatic heterocycles. The van der Waals surface area contributed by atoms with Crippen LogP contribution in [0.25, 0.3) is 10.2 Å². The van der Waals surface area contributed by atoms with Crippen molar-refractivity contribution in [2.24, 2.45) is 0 Å². The summed E-state index contributed by atoms with van der Waals surface area (Å²) in [6.45, 7) is 4.29. The van der Waals surface area contributed by atoms with Crippen molar-refractivity contribution in [3.8, 4) is 5.75 Å². The molecule has 7 heteroatoms. The number of aromatic nitrogens is 1. The summed E-state index contributed by atoms with van der Waals surface area (Å²) in [6, 6.07) is 10.8. The lowest BCUT2D eigenvalue weighted by Crippen LogP contribution is -2.24. The molecule has 4 N–H and O–H groups in total. The number of carbonyl (C=O) groups is 1. The van der Waals surface area contributed by atoms with Gasteiger partial charge in [-0.15, -0.1) is 11.3 Å². The Morgan fingerprint density at radius 1 is 1.28 bits per heavy atom. The van der Waals surface area contributed by atoms with Crippen LogP contribution < -0.4 is 16.2 Å². The Balaban J connectivity index is 2.00. The van der Waals surface area contributed by atoms with E-state index in [0.29, 0.717) is 27.3 Å². The Labute approximate surface area is 148 Å². The van der Waals surface area contributed by atoms with Crippen LogP contribution in [0.3, 0.4) is 0 Å². The Kier molecular flexibility index (Phi) is 4.76. The summed E-state index contributed by atoms with van der Waals surface area (Å²) in [4.78, 5) is 27.2. The van der Waals surface area contributed by atoms with E-state index in [9.17, 15) is 14.7 Å². The molecular weight excluding hydrogens is 338 g/mol. The number of carbonyl (C=O) groups excluding carboxylic acids is 1. The molecule has 0 aliphatic rings. The lowest BCUT2D eigenvalue weighted by atomic mass is 10.2.